The zero-order valence-corrected chi connectivity index (χ0v) is 11.4. The molecule has 3 rings (SSSR count). The fraction of sp³-hybridized carbons (Fsp3) is 0.375. The van der Waals surface area contributed by atoms with Crippen molar-refractivity contribution in [1.82, 2.24) is 0 Å². The smallest absolute Gasteiger partial charge is 0.132 e. The Bertz CT molecular complexity index is 617. The second-order valence-electron chi connectivity index (χ2n) is 5.21. The van der Waals surface area contributed by atoms with Gasteiger partial charge < -0.3 is 15.2 Å². The van der Waals surface area contributed by atoms with Crippen LogP contribution in [0.5, 0.6) is 11.5 Å². The van der Waals surface area contributed by atoms with Crippen LogP contribution in [0.4, 0.5) is 0 Å². The van der Waals surface area contributed by atoms with Crippen molar-refractivity contribution in [3.8, 4) is 11.5 Å². The van der Waals surface area contributed by atoms with Gasteiger partial charge in [-0.25, -0.2) is 0 Å². The minimum atomic E-state index is -0.261. The van der Waals surface area contributed by atoms with Gasteiger partial charge in [0.15, 0.2) is 0 Å². The van der Waals surface area contributed by atoms with E-state index in [4.69, 9.17) is 15.2 Å². The van der Waals surface area contributed by atoms with Gasteiger partial charge in [0.1, 0.15) is 11.5 Å². The number of ether oxygens (including phenoxy) is 2. The maximum absolute atomic E-state index is 6.48. The van der Waals surface area contributed by atoms with Gasteiger partial charge in [0.05, 0.1) is 14.2 Å². The third kappa shape index (κ3) is 1.77. The number of hydrogen-bond acceptors (Lipinski definition) is 3. The number of fused-ring (bicyclic) bond motifs is 1. The number of rotatable bonds is 3. The summed E-state index contributed by atoms with van der Waals surface area (Å²) in [6, 6.07) is 10.2. The Hall–Kier alpha value is -1.74. The highest BCUT2D eigenvalue weighted by Crippen LogP contribution is 2.47. The molecule has 2 N–H and O–H groups in total. The molecule has 0 unspecified atom stereocenters. The molecule has 0 aromatic heterocycles. The Balaban J connectivity index is 2.32. The maximum Gasteiger partial charge on any atom is 0.132 e. The summed E-state index contributed by atoms with van der Waals surface area (Å²) in [5.74, 6) is 1.75. The third-order valence-electron chi connectivity index (χ3n) is 4.16. The van der Waals surface area contributed by atoms with Crippen LogP contribution in [0.25, 0.3) is 10.8 Å². The lowest BCUT2D eigenvalue weighted by atomic mass is 9.72. The van der Waals surface area contributed by atoms with E-state index in [1.165, 1.54) is 6.42 Å². The zero-order chi connectivity index (χ0) is 13.5. The molecule has 1 saturated carbocycles. The largest absolute Gasteiger partial charge is 0.496 e. The van der Waals surface area contributed by atoms with Crippen molar-refractivity contribution in [2.45, 2.75) is 24.8 Å². The van der Waals surface area contributed by atoms with Gasteiger partial charge in [-0.3, -0.25) is 0 Å². The number of nitrogens with two attached hydrogens (primary N) is 1. The Morgan fingerprint density at radius 3 is 2.26 bits per heavy atom. The molecular formula is C16H19NO2. The van der Waals surface area contributed by atoms with E-state index in [0.717, 1.165) is 40.7 Å². The van der Waals surface area contributed by atoms with E-state index in [0.29, 0.717) is 0 Å². The molecule has 1 aliphatic carbocycles. The van der Waals surface area contributed by atoms with E-state index in [2.05, 4.69) is 6.07 Å². The summed E-state index contributed by atoms with van der Waals surface area (Å²) in [7, 11) is 3.40. The summed E-state index contributed by atoms with van der Waals surface area (Å²) in [4.78, 5) is 0. The highest BCUT2D eigenvalue weighted by atomic mass is 16.5. The lowest BCUT2D eigenvalue weighted by Gasteiger charge is -2.39. The van der Waals surface area contributed by atoms with Gasteiger partial charge in [0.2, 0.25) is 0 Å². The molecule has 0 radical (unpaired) electrons. The quantitative estimate of drug-likeness (QED) is 0.918. The molecule has 0 spiro atoms. The minimum Gasteiger partial charge on any atom is -0.496 e. The van der Waals surface area contributed by atoms with Crippen LogP contribution in [0.1, 0.15) is 24.8 Å². The molecule has 1 aliphatic rings. The van der Waals surface area contributed by atoms with Crippen LogP contribution in [-0.4, -0.2) is 14.2 Å². The van der Waals surface area contributed by atoms with E-state index < -0.39 is 0 Å². The molecule has 0 heterocycles. The van der Waals surface area contributed by atoms with Gasteiger partial charge >= 0.3 is 0 Å². The molecule has 2 aromatic rings. The monoisotopic (exact) mass is 257 g/mol. The van der Waals surface area contributed by atoms with Crippen molar-refractivity contribution in [2.75, 3.05) is 14.2 Å². The Morgan fingerprint density at radius 1 is 1.05 bits per heavy atom. The second kappa shape index (κ2) is 4.42. The van der Waals surface area contributed by atoms with Crippen molar-refractivity contribution >= 4 is 10.8 Å². The minimum absolute atomic E-state index is 0.261. The summed E-state index contributed by atoms with van der Waals surface area (Å²) < 4.78 is 11.2. The lowest BCUT2D eigenvalue weighted by molar-refractivity contribution is 0.243. The van der Waals surface area contributed by atoms with E-state index >= 15 is 0 Å². The first kappa shape index (κ1) is 12.3. The summed E-state index contributed by atoms with van der Waals surface area (Å²) in [5, 5.41) is 2.13. The standard InChI is InChI=1S/C16H19NO2/c1-18-14-10-13(16(17)8-5-9-16)15(19-2)12-7-4-3-6-11(12)14/h3-4,6-7,10H,5,8-9,17H2,1-2H3. The van der Waals surface area contributed by atoms with Gasteiger partial charge in [-0.2, -0.15) is 0 Å². The van der Waals surface area contributed by atoms with Crippen LogP contribution >= 0.6 is 0 Å². The second-order valence-corrected chi connectivity index (χ2v) is 5.21. The van der Waals surface area contributed by atoms with E-state index in [9.17, 15) is 0 Å². The molecule has 1 fully saturated rings. The van der Waals surface area contributed by atoms with Crippen molar-refractivity contribution in [2.24, 2.45) is 5.73 Å². The van der Waals surface area contributed by atoms with E-state index in [1.54, 1.807) is 14.2 Å². The topological polar surface area (TPSA) is 44.5 Å². The molecule has 0 bridgehead atoms. The van der Waals surface area contributed by atoms with Crippen LogP contribution in [-0.2, 0) is 5.54 Å². The molecule has 0 amide bonds. The molecular weight excluding hydrogens is 238 g/mol. The van der Waals surface area contributed by atoms with Gasteiger partial charge in [0.25, 0.3) is 0 Å². The Morgan fingerprint density at radius 2 is 1.74 bits per heavy atom. The van der Waals surface area contributed by atoms with Crippen LogP contribution in [0.2, 0.25) is 0 Å². The molecule has 0 saturated heterocycles. The van der Waals surface area contributed by atoms with Crippen LogP contribution in [0, 0.1) is 0 Å². The predicted octanol–water partition coefficient (Wildman–Crippen LogP) is 3.19. The predicted molar refractivity (Wildman–Crippen MR) is 76.8 cm³/mol. The van der Waals surface area contributed by atoms with Crippen molar-refractivity contribution in [1.29, 1.82) is 0 Å². The number of benzene rings is 2. The van der Waals surface area contributed by atoms with E-state index in [-0.39, 0.29) is 5.54 Å². The fourth-order valence-corrected chi connectivity index (χ4v) is 2.90. The van der Waals surface area contributed by atoms with Crippen LogP contribution < -0.4 is 15.2 Å². The lowest BCUT2D eigenvalue weighted by Crippen LogP contribution is -2.43. The van der Waals surface area contributed by atoms with Gasteiger partial charge in [-0.15, -0.1) is 0 Å². The van der Waals surface area contributed by atoms with Crippen LogP contribution in [0.3, 0.4) is 0 Å². The average molecular weight is 257 g/mol. The SMILES string of the molecule is COc1cc(C2(N)CCC2)c(OC)c2ccccc12. The molecule has 0 aliphatic heterocycles. The molecule has 2 aromatic carbocycles. The zero-order valence-electron chi connectivity index (χ0n) is 11.4. The van der Waals surface area contributed by atoms with E-state index in [1.807, 2.05) is 24.3 Å². The molecule has 0 atom stereocenters. The molecule has 3 nitrogen and oxygen atoms in total. The highest BCUT2D eigenvalue weighted by Gasteiger charge is 2.37. The van der Waals surface area contributed by atoms with Gasteiger partial charge in [-0.1, -0.05) is 24.3 Å². The number of hydrogen-bond donors (Lipinski definition) is 1. The summed E-state index contributed by atoms with van der Waals surface area (Å²) >= 11 is 0. The average Bonchev–Trinajstić information content (AvgIpc) is 2.42. The third-order valence-corrected chi connectivity index (χ3v) is 4.16. The first-order valence-electron chi connectivity index (χ1n) is 6.63. The number of methoxy groups -OCH3 is 2. The fourth-order valence-electron chi connectivity index (χ4n) is 2.90. The highest BCUT2D eigenvalue weighted by molar-refractivity contribution is 5.95. The summed E-state index contributed by atoms with van der Waals surface area (Å²) in [6.45, 7) is 0. The maximum atomic E-state index is 6.48. The first-order valence-corrected chi connectivity index (χ1v) is 6.63. The van der Waals surface area contributed by atoms with Crippen molar-refractivity contribution < 1.29 is 9.47 Å². The molecule has 100 valence electrons. The van der Waals surface area contributed by atoms with Crippen molar-refractivity contribution in [3.05, 3.63) is 35.9 Å². The van der Waals surface area contributed by atoms with Crippen LogP contribution in [0.15, 0.2) is 30.3 Å². The molecule has 3 heteroatoms. The summed E-state index contributed by atoms with van der Waals surface area (Å²) in [5.41, 5.74) is 7.28. The van der Waals surface area contributed by atoms with Gasteiger partial charge in [-0.05, 0) is 25.3 Å². The Kier molecular flexibility index (Phi) is 2.86. The molecule has 19 heavy (non-hydrogen) atoms. The normalized spacial score (nSPS) is 17.0. The first-order chi connectivity index (χ1) is 9.19. The van der Waals surface area contributed by atoms with Crippen molar-refractivity contribution in [3.63, 3.8) is 0 Å². The summed E-state index contributed by atoms with van der Waals surface area (Å²) in [6.07, 6.45) is 3.19. The van der Waals surface area contributed by atoms with Gasteiger partial charge in [0, 0.05) is 21.9 Å². The Labute approximate surface area is 113 Å².